The second kappa shape index (κ2) is 7.22. The minimum atomic E-state index is -1.72. The van der Waals surface area contributed by atoms with Crippen molar-refractivity contribution < 1.29 is 24.5 Å². The van der Waals surface area contributed by atoms with Gasteiger partial charge in [-0.3, -0.25) is 19.1 Å². The number of H-pyrrole nitrogens is 1. The number of aliphatic hydroxyl groups is 2. The standard InChI is InChI=1S/C15H26B3N3O7/c1-6(2)8(19)11(25)27-15(17,18)13(3)9(23)10(24)14(16,28-13)21-5-4-7(22)20-12(21)26/h4-6,8-10,23-24H,16-19H2,1-3H3,(H,20,22,26)/t8-,9-,10+,13-,14-/m0/s1. The Labute approximate surface area is 164 Å². The molecule has 0 aromatic carbocycles. The number of nitrogens with two attached hydrogens (primary N) is 1. The van der Waals surface area contributed by atoms with E-state index in [9.17, 15) is 24.6 Å². The van der Waals surface area contributed by atoms with Crippen molar-refractivity contribution in [1.29, 1.82) is 0 Å². The lowest BCUT2D eigenvalue weighted by atomic mass is 9.54. The largest absolute Gasteiger partial charge is 0.474 e. The van der Waals surface area contributed by atoms with Crippen LogP contribution in [0.4, 0.5) is 0 Å². The van der Waals surface area contributed by atoms with Crippen molar-refractivity contribution in [2.24, 2.45) is 11.7 Å². The first-order valence-electron chi connectivity index (χ1n) is 9.04. The Morgan fingerprint density at radius 1 is 1.39 bits per heavy atom. The summed E-state index contributed by atoms with van der Waals surface area (Å²) in [5, 5.41) is 20.1. The molecular weight excluding hydrogens is 367 g/mol. The molecule has 13 heteroatoms. The van der Waals surface area contributed by atoms with E-state index in [1.54, 1.807) is 13.8 Å². The average molecular weight is 393 g/mol. The molecule has 1 fully saturated rings. The Morgan fingerprint density at radius 2 is 1.96 bits per heavy atom. The molecule has 2 rings (SSSR count). The number of carbonyl (C=O) groups is 1. The minimum absolute atomic E-state index is 0.166. The van der Waals surface area contributed by atoms with Crippen molar-refractivity contribution >= 4 is 29.5 Å². The number of nitrogens with zero attached hydrogens (tertiary/aromatic N) is 1. The maximum absolute atomic E-state index is 12.4. The van der Waals surface area contributed by atoms with Gasteiger partial charge in [-0.25, -0.2) is 4.79 Å². The van der Waals surface area contributed by atoms with Crippen LogP contribution in [0.25, 0.3) is 0 Å². The lowest BCUT2D eigenvalue weighted by molar-refractivity contribution is -0.188. The van der Waals surface area contributed by atoms with E-state index in [1.807, 2.05) is 0 Å². The van der Waals surface area contributed by atoms with Crippen molar-refractivity contribution in [1.82, 2.24) is 9.55 Å². The van der Waals surface area contributed by atoms with Crippen molar-refractivity contribution in [3.63, 3.8) is 0 Å². The highest BCUT2D eigenvalue weighted by atomic mass is 16.6. The summed E-state index contributed by atoms with van der Waals surface area (Å²) in [6, 6.07) is 0.219. The van der Waals surface area contributed by atoms with E-state index in [1.165, 1.54) is 30.5 Å². The third-order valence-corrected chi connectivity index (χ3v) is 5.67. The van der Waals surface area contributed by atoms with Crippen molar-refractivity contribution in [2.75, 3.05) is 0 Å². The van der Waals surface area contributed by atoms with E-state index in [2.05, 4.69) is 4.98 Å². The number of nitrogens with one attached hydrogen (secondary N) is 1. The zero-order chi connectivity index (χ0) is 21.7. The summed E-state index contributed by atoms with van der Waals surface area (Å²) in [6.07, 6.45) is -1.91. The Hall–Kier alpha value is -1.82. The molecule has 0 aliphatic carbocycles. The number of hydrogen-bond donors (Lipinski definition) is 4. The molecule has 0 radical (unpaired) electrons. The maximum Gasteiger partial charge on any atom is 0.330 e. The van der Waals surface area contributed by atoms with Crippen LogP contribution in [-0.4, -0.2) is 78.5 Å². The number of aromatic nitrogens is 2. The molecule has 0 spiro atoms. The minimum Gasteiger partial charge on any atom is -0.474 e. The highest BCUT2D eigenvalue weighted by Gasteiger charge is 2.65. The molecule has 2 heterocycles. The average Bonchev–Trinajstić information content (AvgIpc) is 2.75. The summed E-state index contributed by atoms with van der Waals surface area (Å²) in [4.78, 5) is 38.0. The highest BCUT2D eigenvalue weighted by Crippen LogP contribution is 2.44. The number of aliphatic hydroxyl groups excluding tert-OH is 2. The molecule has 5 N–H and O–H groups in total. The number of rotatable bonds is 5. The van der Waals surface area contributed by atoms with Gasteiger partial charge in [0.15, 0.2) is 23.5 Å². The summed E-state index contributed by atoms with van der Waals surface area (Å²) in [7, 11) is 4.44. The molecule has 1 aromatic rings. The van der Waals surface area contributed by atoms with Gasteiger partial charge in [0.1, 0.15) is 29.5 Å². The molecule has 10 nitrogen and oxygen atoms in total. The Morgan fingerprint density at radius 3 is 2.46 bits per heavy atom. The Kier molecular flexibility index (Phi) is 5.79. The van der Waals surface area contributed by atoms with E-state index in [0.29, 0.717) is 0 Å². The molecular formula is C15H26B3N3O7. The summed E-state index contributed by atoms with van der Waals surface area (Å²) in [5.74, 6) is -0.845. The van der Waals surface area contributed by atoms with Crippen LogP contribution in [0.2, 0.25) is 0 Å². The van der Waals surface area contributed by atoms with Crippen molar-refractivity contribution in [3.8, 4) is 0 Å². The first-order chi connectivity index (χ1) is 12.7. The molecule has 1 aliphatic rings. The zero-order valence-electron chi connectivity index (χ0n) is 16.9. The van der Waals surface area contributed by atoms with Gasteiger partial charge in [0.05, 0.1) is 5.40 Å². The van der Waals surface area contributed by atoms with Crippen LogP contribution in [0.3, 0.4) is 0 Å². The Balaban J connectivity index is 2.44. The van der Waals surface area contributed by atoms with Gasteiger partial charge in [-0.1, -0.05) is 13.8 Å². The van der Waals surface area contributed by atoms with Gasteiger partial charge in [0.2, 0.25) is 0 Å². The summed E-state index contributed by atoms with van der Waals surface area (Å²) in [6.45, 7) is 5.01. The van der Waals surface area contributed by atoms with Gasteiger partial charge in [0, 0.05) is 12.3 Å². The van der Waals surface area contributed by atoms with E-state index in [0.717, 1.165) is 16.8 Å². The third kappa shape index (κ3) is 3.47. The summed E-state index contributed by atoms with van der Waals surface area (Å²) >= 11 is 0. The second-order valence-electron chi connectivity index (χ2n) is 8.33. The fourth-order valence-electron chi connectivity index (χ4n) is 3.27. The molecule has 152 valence electrons. The van der Waals surface area contributed by atoms with Crippen LogP contribution in [0.1, 0.15) is 20.8 Å². The molecule has 28 heavy (non-hydrogen) atoms. The normalized spacial score (nSPS) is 31.7. The van der Waals surface area contributed by atoms with E-state index < -0.39 is 52.1 Å². The van der Waals surface area contributed by atoms with Crippen LogP contribution in [0, 0.1) is 5.92 Å². The third-order valence-electron chi connectivity index (χ3n) is 5.67. The first kappa shape index (κ1) is 22.5. The maximum atomic E-state index is 12.4. The van der Waals surface area contributed by atoms with E-state index >= 15 is 0 Å². The van der Waals surface area contributed by atoms with Gasteiger partial charge in [-0.05, 0) is 12.8 Å². The smallest absolute Gasteiger partial charge is 0.330 e. The van der Waals surface area contributed by atoms with Gasteiger partial charge in [-0.2, -0.15) is 0 Å². The fraction of sp³-hybridized carbons (Fsp3) is 0.667. The molecule has 1 aromatic heterocycles. The van der Waals surface area contributed by atoms with Gasteiger partial charge >= 0.3 is 11.7 Å². The number of esters is 1. The lowest BCUT2D eigenvalue weighted by Gasteiger charge is -2.44. The topological polar surface area (TPSA) is 157 Å². The molecule has 0 saturated carbocycles. The van der Waals surface area contributed by atoms with Crippen molar-refractivity contribution in [3.05, 3.63) is 33.1 Å². The van der Waals surface area contributed by atoms with Gasteiger partial charge in [0.25, 0.3) is 5.56 Å². The molecule has 0 unspecified atom stereocenters. The predicted octanol–water partition coefficient (Wildman–Crippen LogP) is -5.26. The Bertz CT molecular complexity index is 873. The molecule has 5 atom stereocenters. The zero-order valence-corrected chi connectivity index (χ0v) is 16.9. The number of ether oxygens (including phenoxy) is 2. The molecule has 1 saturated heterocycles. The molecule has 1 aliphatic heterocycles. The lowest BCUT2D eigenvalue weighted by Crippen LogP contribution is -2.63. The van der Waals surface area contributed by atoms with Crippen LogP contribution in [0.5, 0.6) is 0 Å². The quantitative estimate of drug-likeness (QED) is 0.286. The predicted molar refractivity (Wildman–Crippen MR) is 108 cm³/mol. The molecule has 0 amide bonds. The summed E-state index contributed by atoms with van der Waals surface area (Å²) < 4.78 is 12.5. The number of hydrogen-bond acceptors (Lipinski definition) is 8. The van der Waals surface area contributed by atoms with Crippen molar-refractivity contribution in [2.45, 2.75) is 55.6 Å². The van der Waals surface area contributed by atoms with Gasteiger partial charge < -0.3 is 25.4 Å². The van der Waals surface area contributed by atoms with Crippen LogP contribution in [0.15, 0.2) is 21.9 Å². The fourth-order valence-corrected chi connectivity index (χ4v) is 3.27. The number of aromatic amines is 1. The van der Waals surface area contributed by atoms with Crippen LogP contribution in [-0.2, 0) is 19.9 Å². The van der Waals surface area contributed by atoms with Crippen LogP contribution >= 0.6 is 0 Å². The monoisotopic (exact) mass is 393 g/mol. The SMILES string of the molecule is BC(B)(OC(=O)[C@@H](N)C(C)C)[C@@]1(C)O[C@@](B)(n2ccc(=O)[nH]c2=O)[C@H](O)[C@@H]1O. The van der Waals surface area contributed by atoms with E-state index in [-0.39, 0.29) is 5.92 Å². The second-order valence-corrected chi connectivity index (χ2v) is 8.33. The van der Waals surface area contributed by atoms with E-state index in [4.69, 9.17) is 15.2 Å². The highest BCUT2D eigenvalue weighted by molar-refractivity contribution is 6.40. The summed E-state index contributed by atoms with van der Waals surface area (Å²) in [5.41, 5.74) is 1.10. The van der Waals surface area contributed by atoms with Crippen LogP contribution < -0.4 is 17.0 Å². The number of carbonyl (C=O) groups excluding carboxylic acids is 1. The van der Waals surface area contributed by atoms with Gasteiger partial charge in [-0.15, -0.1) is 0 Å². The first-order valence-corrected chi connectivity index (χ1v) is 9.04. The molecule has 0 bridgehead atoms.